The van der Waals surface area contributed by atoms with Crippen LogP contribution in [-0.2, 0) is 13.0 Å². The molecular weight excluding hydrogens is 245 g/mol. The zero-order valence-corrected chi connectivity index (χ0v) is 10.5. The van der Waals surface area contributed by atoms with E-state index in [1.165, 1.54) is 12.1 Å². The van der Waals surface area contributed by atoms with Crippen molar-refractivity contribution < 1.29 is 14.2 Å². The number of rotatable bonds is 5. The third-order valence-corrected chi connectivity index (χ3v) is 2.68. The summed E-state index contributed by atoms with van der Waals surface area (Å²) in [4.78, 5) is 0. The van der Waals surface area contributed by atoms with Gasteiger partial charge in [0.1, 0.15) is 23.9 Å². The van der Waals surface area contributed by atoms with E-state index in [-0.39, 0.29) is 18.2 Å². The molecule has 2 rings (SSSR count). The molecule has 3 N–H and O–H groups in total. The number of phenols is 1. The average Bonchev–Trinajstić information content (AvgIpc) is 2.36. The lowest BCUT2D eigenvalue weighted by Crippen LogP contribution is -2.03. The number of ether oxygens (including phenoxy) is 1. The number of nitrogens with two attached hydrogens (primary N) is 1. The molecule has 2 aromatic carbocycles. The molecule has 0 bridgehead atoms. The van der Waals surface area contributed by atoms with Gasteiger partial charge in [-0.3, -0.25) is 0 Å². The summed E-state index contributed by atoms with van der Waals surface area (Å²) in [5, 5.41) is 9.34. The van der Waals surface area contributed by atoms with Gasteiger partial charge in [0.2, 0.25) is 0 Å². The van der Waals surface area contributed by atoms with Crippen LogP contribution in [0.25, 0.3) is 0 Å². The Morgan fingerprint density at radius 3 is 2.68 bits per heavy atom. The second-order valence-electron chi connectivity index (χ2n) is 4.29. The van der Waals surface area contributed by atoms with E-state index in [2.05, 4.69) is 0 Å². The normalized spacial score (nSPS) is 10.4. The maximum atomic E-state index is 13.4. The van der Waals surface area contributed by atoms with Crippen LogP contribution < -0.4 is 10.5 Å². The predicted molar refractivity (Wildman–Crippen MR) is 71.6 cm³/mol. The summed E-state index contributed by atoms with van der Waals surface area (Å²) in [5.74, 6) is 0.313. The van der Waals surface area contributed by atoms with Crippen molar-refractivity contribution in [1.82, 2.24) is 0 Å². The summed E-state index contributed by atoms with van der Waals surface area (Å²) >= 11 is 0. The molecule has 3 nitrogen and oxygen atoms in total. The van der Waals surface area contributed by atoms with Crippen LogP contribution in [-0.4, -0.2) is 11.7 Å². The summed E-state index contributed by atoms with van der Waals surface area (Å²) in [7, 11) is 0. The molecule has 2 aromatic rings. The number of hydrogen-bond acceptors (Lipinski definition) is 3. The third kappa shape index (κ3) is 3.96. The van der Waals surface area contributed by atoms with Gasteiger partial charge in [-0.25, -0.2) is 4.39 Å². The lowest BCUT2D eigenvalue weighted by atomic mass is 10.1. The Hall–Kier alpha value is -2.07. The van der Waals surface area contributed by atoms with Crippen LogP contribution in [0.3, 0.4) is 0 Å². The van der Waals surface area contributed by atoms with Crippen molar-refractivity contribution in [3.05, 3.63) is 59.4 Å². The lowest BCUT2D eigenvalue weighted by Gasteiger charge is -2.09. The van der Waals surface area contributed by atoms with Crippen molar-refractivity contribution in [2.75, 3.05) is 6.54 Å². The summed E-state index contributed by atoms with van der Waals surface area (Å²) in [6, 6.07) is 11.3. The van der Waals surface area contributed by atoms with Crippen LogP contribution in [0.1, 0.15) is 11.1 Å². The Morgan fingerprint density at radius 2 is 1.95 bits per heavy atom. The number of halogens is 1. The van der Waals surface area contributed by atoms with Gasteiger partial charge in [-0.15, -0.1) is 0 Å². The molecule has 0 aromatic heterocycles. The summed E-state index contributed by atoms with van der Waals surface area (Å²) in [6.07, 6.45) is 0.611. The fraction of sp³-hybridized carbons (Fsp3) is 0.200. The van der Waals surface area contributed by atoms with E-state index in [4.69, 9.17) is 10.5 Å². The van der Waals surface area contributed by atoms with Crippen LogP contribution in [0.4, 0.5) is 4.39 Å². The standard InChI is InChI=1S/C15H16FNO2/c16-13-6-11(4-5-17)8-15(9-13)19-10-12-2-1-3-14(18)7-12/h1-3,6-9,18H,4-5,10,17H2. The van der Waals surface area contributed by atoms with Gasteiger partial charge in [-0.05, 0) is 48.4 Å². The van der Waals surface area contributed by atoms with Crippen molar-refractivity contribution in [2.24, 2.45) is 5.73 Å². The molecule has 0 unspecified atom stereocenters. The van der Waals surface area contributed by atoms with E-state index in [0.717, 1.165) is 11.1 Å². The Balaban J connectivity index is 2.06. The van der Waals surface area contributed by atoms with Crippen molar-refractivity contribution >= 4 is 0 Å². The van der Waals surface area contributed by atoms with Crippen LogP contribution in [0, 0.1) is 5.82 Å². The van der Waals surface area contributed by atoms with Crippen molar-refractivity contribution in [1.29, 1.82) is 0 Å². The van der Waals surface area contributed by atoms with Gasteiger partial charge in [0.05, 0.1) is 0 Å². The molecule has 0 saturated heterocycles. The molecule has 0 spiro atoms. The molecule has 0 fully saturated rings. The number of benzene rings is 2. The summed E-state index contributed by atoms with van der Waals surface area (Å²) in [6.45, 7) is 0.745. The molecule has 4 heteroatoms. The molecule has 19 heavy (non-hydrogen) atoms. The van der Waals surface area contributed by atoms with Gasteiger partial charge in [-0.2, -0.15) is 0 Å². The van der Waals surface area contributed by atoms with Gasteiger partial charge >= 0.3 is 0 Å². The van der Waals surface area contributed by atoms with E-state index in [9.17, 15) is 9.50 Å². The molecule has 0 aliphatic heterocycles. The highest BCUT2D eigenvalue weighted by molar-refractivity contribution is 5.31. The van der Waals surface area contributed by atoms with E-state index < -0.39 is 0 Å². The first-order valence-electron chi connectivity index (χ1n) is 6.07. The topological polar surface area (TPSA) is 55.5 Å². The molecule has 0 aliphatic carbocycles. The predicted octanol–water partition coefficient (Wildman–Crippen LogP) is 2.61. The van der Waals surface area contributed by atoms with Gasteiger partial charge in [-0.1, -0.05) is 12.1 Å². The van der Waals surface area contributed by atoms with Crippen LogP contribution in [0.15, 0.2) is 42.5 Å². The highest BCUT2D eigenvalue weighted by Crippen LogP contribution is 2.19. The fourth-order valence-electron chi connectivity index (χ4n) is 1.83. The van der Waals surface area contributed by atoms with Crippen LogP contribution in [0.2, 0.25) is 0 Å². The molecule has 0 heterocycles. The van der Waals surface area contributed by atoms with Crippen molar-refractivity contribution in [3.63, 3.8) is 0 Å². The largest absolute Gasteiger partial charge is 0.508 e. The van der Waals surface area contributed by atoms with Gasteiger partial charge in [0.15, 0.2) is 0 Å². The van der Waals surface area contributed by atoms with E-state index >= 15 is 0 Å². The van der Waals surface area contributed by atoms with E-state index in [1.54, 1.807) is 24.3 Å². The Morgan fingerprint density at radius 1 is 1.11 bits per heavy atom. The molecule has 0 amide bonds. The monoisotopic (exact) mass is 261 g/mol. The minimum atomic E-state index is -0.336. The Kier molecular flexibility index (Phi) is 4.36. The molecule has 0 saturated carbocycles. The van der Waals surface area contributed by atoms with Gasteiger partial charge < -0.3 is 15.6 Å². The first kappa shape index (κ1) is 13.4. The molecule has 0 aliphatic rings. The highest BCUT2D eigenvalue weighted by Gasteiger charge is 2.02. The first-order chi connectivity index (χ1) is 9.17. The van der Waals surface area contributed by atoms with Crippen LogP contribution in [0.5, 0.6) is 11.5 Å². The fourth-order valence-corrected chi connectivity index (χ4v) is 1.83. The second-order valence-corrected chi connectivity index (χ2v) is 4.29. The summed E-state index contributed by atoms with van der Waals surface area (Å²) < 4.78 is 18.9. The van der Waals surface area contributed by atoms with E-state index in [0.29, 0.717) is 18.7 Å². The zero-order chi connectivity index (χ0) is 13.7. The maximum Gasteiger partial charge on any atom is 0.127 e. The Bertz CT molecular complexity index is 558. The van der Waals surface area contributed by atoms with Crippen LogP contribution >= 0.6 is 0 Å². The smallest absolute Gasteiger partial charge is 0.127 e. The van der Waals surface area contributed by atoms with Crippen molar-refractivity contribution in [2.45, 2.75) is 13.0 Å². The van der Waals surface area contributed by atoms with Gasteiger partial charge in [0, 0.05) is 6.07 Å². The maximum absolute atomic E-state index is 13.4. The third-order valence-electron chi connectivity index (χ3n) is 2.68. The lowest BCUT2D eigenvalue weighted by molar-refractivity contribution is 0.303. The van der Waals surface area contributed by atoms with Crippen molar-refractivity contribution in [3.8, 4) is 11.5 Å². The SMILES string of the molecule is NCCc1cc(F)cc(OCc2cccc(O)c2)c1. The molecule has 0 atom stereocenters. The van der Waals surface area contributed by atoms with E-state index in [1.807, 2.05) is 6.07 Å². The minimum Gasteiger partial charge on any atom is -0.508 e. The quantitative estimate of drug-likeness (QED) is 0.869. The molecular formula is C15H16FNO2. The highest BCUT2D eigenvalue weighted by atomic mass is 19.1. The second kappa shape index (κ2) is 6.20. The number of phenolic OH excluding ortho intramolecular Hbond substituents is 1. The Labute approximate surface area is 111 Å². The zero-order valence-electron chi connectivity index (χ0n) is 10.5. The number of aromatic hydroxyl groups is 1. The average molecular weight is 261 g/mol. The van der Waals surface area contributed by atoms with Gasteiger partial charge in [0.25, 0.3) is 0 Å². The summed E-state index contributed by atoms with van der Waals surface area (Å²) in [5.41, 5.74) is 7.09. The molecule has 100 valence electrons. The number of hydrogen-bond donors (Lipinski definition) is 2. The minimum absolute atomic E-state index is 0.184. The molecule has 0 radical (unpaired) electrons. The first-order valence-corrected chi connectivity index (χ1v) is 6.07.